The van der Waals surface area contributed by atoms with E-state index in [1.807, 2.05) is 0 Å². The fourth-order valence-electron chi connectivity index (χ4n) is 1.97. The Labute approximate surface area is 120 Å². The number of halogens is 1. The summed E-state index contributed by atoms with van der Waals surface area (Å²) in [5, 5.41) is 2.12. The molecule has 0 aliphatic heterocycles. The molecule has 1 unspecified atom stereocenters. The molecule has 1 aromatic heterocycles. The molecule has 2 rings (SSSR count). The summed E-state index contributed by atoms with van der Waals surface area (Å²) < 4.78 is 1.14. The van der Waals surface area contributed by atoms with Gasteiger partial charge in [-0.2, -0.15) is 0 Å². The lowest BCUT2D eigenvalue weighted by Gasteiger charge is -2.17. The highest BCUT2D eigenvalue weighted by Gasteiger charge is 2.11. The number of thiophene rings is 1. The third kappa shape index (κ3) is 3.42. The molecule has 0 radical (unpaired) electrons. The summed E-state index contributed by atoms with van der Waals surface area (Å²) in [4.78, 5) is 1.41. The van der Waals surface area contributed by atoms with Gasteiger partial charge in [0, 0.05) is 15.4 Å². The van der Waals surface area contributed by atoms with Crippen molar-refractivity contribution in [1.29, 1.82) is 0 Å². The van der Waals surface area contributed by atoms with Gasteiger partial charge in [0.2, 0.25) is 0 Å². The molecule has 0 aliphatic carbocycles. The van der Waals surface area contributed by atoms with Crippen molar-refractivity contribution in [2.24, 2.45) is 5.84 Å². The normalized spacial score (nSPS) is 12.6. The van der Waals surface area contributed by atoms with Crippen molar-refractivity contribution >= 4 is 27.3 Å². The minimum atomic E-state index is 0.207. The summed E-state index contributed by atoms with van der Waals surface area (Å²) in [7, 11) is 0. The number of hydrogen-bond acceptors (Lipinski definition) is 3. The van der Waals surface area contributed by atoms with Crippen molar-refractivity contribution in [3.8, 4) is 0 Å². The maximum absolute atomic E-state index is 5.67. The van der Waals surface area contributed by atoms with Crippen LogP contribution in [-0.2, 0) is 6.42 Å². The van der Waals surface area contributed by atoms with Gasteiger partial charge in [0.05, 0.1) is 0 Å². The maximum Gasteiger partial charge on any atom is 0.0463 e. The number of nitrogens with two attached hydrogens (primary N) is 1. The molecule has 0 fully saturated rings. The van der Waals surface area contributed by atoms with Crippen molar-refractivity contribution in [1.82, 2.24) is 5.43 Å². The Bertz CT molecular complexity index is 497. The topological polar surface area (TPSA) is 38.0 Å². The number of hydrazine groups is 1. The number of nitrogens with one attached hydrogen (secondary N) is 1. The van der Waals surface area contributed by atoms with Crippen LogP contribution in [0.3, 0.4) is 0 Å². The lowest BCUT2D eigenvalue weighted by Crippen LogP contribution is -2.28. The Balaban J connectivity index is 2.05. The van der Waals surface area contributed by atoms with Gasteiger partial charge in [-0.05, 0) is 48.4 Å². The predicted octanol–water partition coefficient (Wildman–Crippen LogP) is 3.96. The third-order valence-corrected chi connectivity index (χ3v) is 4.87. The van der Waals surface area contributed by atoms with Crippen molar-refractivity contribution in [3.63, 3.8) is 0 Å². The zero-order valence-electron chi connectivity index (χ0n) is 10.3. The standard InChI is InChI=1S/C14H17BrN2S/c1-10-9-11(4-6-13(10)15)14(17-16)7-5-12-3-2-8-18-12/h2-4,6,8-9,14,17H,5,7,16H2,1H3. The minimum Gasteiger partial charge on any atom is -0.271 e. The lowest BCUT2D eigenvalue weighted by molar-refractivity contribution is 0.518. The minimum absolute atomic E-state index is 0.207. The average Bonchev–Trinajstić information content (AvgIpc) is 2.87. The fraction of sp³-hybridized carbons (Fsp3) is 0.286. The van der Waals surface area contributed by atoms with E-state index in [4.69, 9.17) is 5.84 Å². The third-order valence-electron chi connectivity index (χ3n) is 3.05. The van der Waals surface area contributed by atoms with E-state index < -0.39 is 0 Å². The van der Waals surface area contributed by atoms with Gasteiger partial charge >= 0.3 is 0 Å². The highest BCUT2D eigenvalue weighted by atomic mass is 79.9. The molecule has 0 saturated carbocycles. The zero-order valence-corrected chi connectivity index (χ0v) is 12.7. The molecule has 4 heteroatoms. The van der Waals surface area contributed by atoms with Crippen LogP contribution in [0, 0.1) is 6.92 Å². The zero-order chi connectivity index (χ0) is 13.0. The van der Waals surface area contributed by atoms with Crippen LogP contribution in [0.2, 0.25) is 0 Å². The second-order valence-corrected chi connectivity index (χ2v) is 6.23. The Kier molecular flexibility index (Phi) is 4.95. The van der Waals surface area contributed by atoms with Gasteiger partial charge < -0.3 is 0 Å². The maximum atomic E-state index is 5.67. The van der Waals surface area contributed by atoms with Crippen LogP contribution in [0.25, 0.3) is 0 Å². The van der Waals surface area contributed by atoms with Crippen LogP contribution >= 0.6 is 27.3 Å². The first kappa shape index (κ1) is 13.7. The Hall–Kier alpha value is -0.680. The van der Waals surface area contributed by atoms with Crippen LogP contribution in [-0.4, -0.2) is 0 Å². The number of hydrogen-bond donors (Lipinski definition) is 2. The van der Waals surface area contributed by atoms with E-state index in [1.54, 1.807) is 11.3 Å². The lowest BCUT2D eigenvalue weighted by atomic mass is 10.0. The monoisotopic (exact) mass is 324 g/mol. The molecule has 0 saturated heterocycles. The number of aryl methyl sites for hydroxylation is 2. The average molecular weight is 325 g/mol. The van der Waals surface area contributed by atoms with Crippen LogP contribution in [0.5, 0.6) is 0 Å². The molecule has 3 N–H and O–H groups in total. The van der Waals surface area contributed by atoms with E-state index in [2.05, 4.69) is 64.0 Å². The highest BCUT2D eigenvalue weighted by molar-refractivity contribution is 9.10. The first-order chi connectivity index (χ1) is 8.70. The van der Waals surface area contributed by atoms with E-state index in [-0.39, 0.29) is 6.04 Å². The molecule has 18 heavy (non-hydrogen) atoms. The molecular formula is C14H17BrN2S. The van der Waals surface area contributed by atoms with Crippen molar-refractivity contribution in [2.75, 3.05) is 0 Å². The molecule has 1 aromatic carbocycles. The summed E-state index contributed by atoms with van der Waals surface area (Å²) in [5.74, 6) is 5.67. The second-order valence-electron chi connectivity index (χ2n) is 4.35. The summed E-state index contributed by atoms with van der Waals surface area (Å²) in [6.45, 7) is 2.10. The molecule has 1 heterocycles. The van der Waals surface area contributed by atoms with Crippen LogP contribution in [0.1, 0.15) is 28.5 Å². The Morgan fingerprint density at radius 2 is 2.22 bits per heavy atom. The summed E-state index contributed by atoms with van der Waals surface area (Å²) in [6.07, 6.45) is 2.07. The van der Waals surface area contributed by atoms with Crippen molar-refractivity contribution < 1.29 is 0 Å². The molecule has 0 bridgehead atoms. The first-order valence-electron chi connectivity index (χ1n) is 5.95. The summed E-state index contributed by atoms with van der Waals surface area (Å²) in [6, 6.07) is 10.9. The molecule has 0 amide bonds. The van der Waals surface area contributed by atoms with Crippen molar-refractivity contribution in [2.45, 2.75) is 25.8 Å². The van der Waals surface area contributed by atoms with Gasteiger partial charge in [-0.25, -0.2) is 0 Å². The largest absolute Gasteiger partial charge is 0.271 e. The van der Waals surface area contributed by atoms with E-state index in [1.165, 1.54) is 16.0 Å². The predicted molar refractivity (Wildman–Crippen MR) is 81.6 cm³/mol. The Morgan fingerprint density at radius 1 is 1.39 bits per heavy atom. The molecule has 96 valence electrons. The SMILES string of the molecule is Cc1cc(C(CCc2cccs2)NN)ccc1Br. The Morgan fingerprint density at radius 3 is 2.83 bits per heavy atom. The van der Waals surface area contributed by atoms with E-state index in [9.17, 15) is 0 Å². The van der Waals surface area contributed by atoms with E-state index >= 15 is 0 Å². The number of rotatable bonds is 5. The van der Waals surface area contributed by atoms with E-state index in [0.29, 0.717) is 0 Å². The van der Waals surface area contributed by atoms with Gasteiger partial charge in [0.25, 0.3) is 0 Å². The summed E-state index contributed by atoms with van der Waals surface area (Å²) >= 11 is 5.32. The van der Waals surface area contributed by atoms with Crippen molar-refractivity contribution in [3.05, 3.63) is 56.2 Å². The smallest absolute Gasteiger partial charge is 0.0463 e. The molecule has 0 aliphatic rings. The number of benzene rings is 1. The molecule has 0 spiro atoms. The van der Waals surface area contributed by atoms with Gasteiger partial charge in [0.1, 0.15) is 0 Å². The van der Waals surface area contributed by atoms with Crippen LogP contribution < -0.4 is 11.3 Å². The highest BCUT2D eigenvalue weighted by Crippen LogP contribution is 2.24. The van der Waals surface area contributed by atoms with E-state index in [0.717, 1.165) is 17.3 Å². The van der Waals surface area contributed by atoms with Crippen LogP contribution in [0.4, 0.5) is 0 Å². The van der Waals surface area contributed by atoms with Gasteiger partial charge in [0.15, 0.2) is 0 Å². The van der Waals surface area contributed by atoms with Gasteiger partial charge in [-0.1, -0.05) is 34.1 Å². The first-order valence-corrected chi connectivity index (χ1v) is 7.62. The van der Waals surface area contributed by atoms with Crippen LogP contribution in [0.15, 0.2) is 40.2 Å². The second kappa shape index (κ2) is 6.48. The van der Waals surface area contributed by atoms with Gasteiger partial charge in [-0.3, -0.25) is 11.3 Å². The molecule has 2 aromatic rings. The quantitative estimate of drug-likeness (QED) is 0.645. The molecule has 1 atom stereocenters. The van der Waals surface area contributed by atoms with Gasteiger partial charge in [-0.15, -0.1) is 11.3 Å². The molecular weight excluding hydrogens is 308 g/mol. The molecule has 2 nitrogen and oxygen atoms in total. The fourth-order valence-corrected chi connectivity index (χ4v) is 2.94. The summed E-state index contributed by atoms with van der Waals surface area (Å²) in [5.41, 5.74) is 5.40.